The first-order chi connectivity index (χ1) is 12.4. The van der Waals surface area contributed by atoms with Gasteiger partial charge in [0, 0.05) is 42.1 Å². The number of halogens is 3. The average Bonchev–Trinajstić information content (AvgIpc) is 3.24. The number of rotatable bonds is 3. The Balaban J connectivity index is 1.83. The highest BCUT2D eigenvalue weighted by atomic mass is 32.1. The van der Waals surface area contributed by atoms with Crippen molar-refractivity contribution in [2.45, 2.75) is 12.7 Å². The Morgan fingerprint density at radius 3 is 2.46 bits per heavy atom. The van der Waals surface area contributed by atoms with Gasteiger partial charge in [-0.25, -0.2) is 0 Å². The molecular formula is C19H20F3N3S. The number of nitrogens with zero attached hydrogens (tertiary/aromatic N) is 3. The highest BCUT2D eigenvalue weighted by Crippen LogP contribution is 2.38. The van der Waals surface area contributed by atoms with Crippen LogP contribution in [0.5, 0.6) is 0 Å². The number of fused-ring (bicyclic) bond motifs is 1. The van der Waals surface area contributed by atoms with Crippen molar-refractivity contribution in [3.8, 4) is 0 Å². The van der Waals surface area contributed by atoms with E-state index < -0.39 is 11.9 Å². The van der Waals surface area contributed by atoms with Crippen molar-refractivity contribution >= 4 is 27.9 Å². The van der Waals surface area contributed by atoms with Crippen LogP contribution < -0.4 is 4.90 Å². The minimum absolute atomic E-state index is 0.238. The Bertz CT molecular complexity index is 891. The van der Waals surface area contributed by atoms with Crippen molar-refractivity contribution in [3.63, 3.8) is 0 Å². The molecule has 3 aromatic rings. The van der Waals surface area contributed by atoms with Crippen molar-refractivity contribution in [3.05, 3.63) is 52.3 Å². The third-order valence-corrected chi connectivity index (χ3v) is 5.81. The van der Waals surface area contributed by atoms with Crippen LogP contribution in [-0.4, -0.2) is 42.7 Å². The van der Waals surface area contributed by atoms with E-state index in [4.69, 9.17) is 0 Å². The van der Waals surface area contributed by atoms with Gasteiger partial charge < -0.3 is 14.4 Å². The van der Waals surface area contributed by atoms with Crippen molar-refractivity contribution in [1.29, 1.82) is 0 Å². The minimum Gasteiger partial charge on any atom is -0.368 e. The van der Waals surface area contributed by atoms with Crippen LogP contribution in [0.15, 0.2) is 41.8 Å². The smallest absolute Gasteiger partial charge is 0.368 e. The third kappa shape index (κ3) is 3.21. The van der Waals surface area contributed by atoms with Crippen LogP contribution >= 0.6 is 11.3 Å². The fourth-order valence-electron chi connectivity index (χ4n) is 3.56. The summed E-state index contributed by atoms with van der Waals surface area (Å²) in [7, 11) is 2.07. The number of anilines is 1. The maximum Gasteiger partial charge on any atom is 0.431 e. The zero-order valence-corrected chi connectivity index (χ0v) is 15.3. The van der Waals surface area contributed by atoms with Gasteiger partial charge >= 0.3 is 6.18 Å². The number of alkyl halides is 3. The largest absolute Gasteiger partial charge is 0.431 e. The molecule has 1 aliphatic rings. The molecule has 3 nitrogen and oxygen atoms in total. The number of piperazine rings is 1. The Morgan fingerprint density at radius 1 is 1.04 bits per heavy atom. The topological polar surface area (TPSA) is 11.4 Å². The lowest BCUT2D eigenvalue weighted by molar-refractivity contribution is -0.143. The highest BCUT2D eigenvalue weighted by Gasteiger charge is 2.36. The third-order valence-electron chi connectivity index (χ3n) is 4.95. The molecule has 1 fully saturated rings. The Labute approximate surface area is 154 Å². The fraction of sp³-hybridized carbons (Fsp3) is 0.368. The summed E-state index contributed by atoms with van der Waals surface area (Å²) >= 11 is 1.48. The van der Waals surface area contributed by atoms with Gasteiger partial charge in [-0.2, -0.15) is 13.2 Å². The first kappa shape index (κ1) is 17.4. The minimum atomic E-state index is -4.38. The van der Waals surface area contributed by atoms with Gasteiger partial charge in [-0.1, -0.05) is 12.1 Å². The zero-order valence-electron chi connectivity index (χ0n) is 14.5. The molecule has 0 atom stereocenters. The number of benzene rings is 1. The molecule has 3 heterocycles. The second-order valence-corrected chi connectivity index (χ2v) is 7.73. The molecule has 0 radical (unpaired) electrons. The van der Waals surface area contributed by atoms with E-state index in [1.54, 1.807) is 6.07 Å². The van der Waals surface area contributed by atoms with E-state index in [9.17, 15) is 13.2 Å². The van der Waals surface area contributed by atoms with Crippen molar-refractivity contribution in [1.82, 2.24) is 9.47 Å². The van der Waals surface area contributed by atoms with Gasteiger partial charge in [-0.3, -0.25) is 0 Å². The second kappa shape index (κ2) is 6.63. The number of aromatic nitrogens is 1. The molecule has 0 saturated carbocycles. The molecule has 26 heavy (non-hydrogen) atoms. The van der Waals surface area contributed by atoms with Crippen LogP contribution in [0.4, 0.5) is 18.9 Å². The maximum absolute atomic E-state index is 13.7. The van der Waals surface area contributed by atoms with Crippen molar-refractivity contribution < 1.29 is 13.2 Å². The summed E-state index contributed by atoms with van der Waals surface area (Å²) in [6.07, 6.45) is -4.38. The van der Waals surface area contributed by atoms with E-state index in [2.05, 4.69) is 16.8 Å². The van der Waals surface area contributed by atoms with Crippen LogP contribution in [0.25, 0.3) is 10.9 Å². The van der Waals surface area contributed by atoms with Crippen LogP contribution in [0, 0.1) is 0 Å². The van der Waals surface area contributed by atoms with Crippen LogP contribution in [0.2, 0.25) is 0 Å². The maximum atomic E-state index is 13.7. The quantitative estimate of drug-likeness (QED) is 0.663. The normalized spacial score (nSPS) is 16.5. The highest BCUT2D eigenvalue weighted by molar-refractivity contribution is 7.09. The lowest BCUT2D eigenvalue weighted by atomic mass is 10.1. The molecule has 4 rings (SSSR count). The summed E-state index contributed by atoms with van der Waals surface area (Å²) in [5.74, 6) is 0. The van der Waals surface area contributed by atoms with E-state index in [0.29, 0.717) is 10.9 Å². The summed E-state index contributed by atoms with van der Waals surface area (Å²) in [6, 6.07) is 10.6. The molecule has 1 aromatic carbocycles. The van der Waals surface area contributed by atoms with Crippen molar-refractivity contribution in [2.75, 3.05) is 38.1 Å². The van der Waals surface area contributed by atoms with Crippen LogP contribution in [-0.2, 0) is 12.7 Å². The van der Waals surface area contributed by atoms with Crippen LogP contribution in [0.1, 0.15) is 10.6 Å². The first-order valence-corrected chi connectivity index (χ1v) is 9.47. The molecule has 7 heteroatoms. The molecule has 1 aliphatic heterocycles. The fourth-order valence-corrected chi connectivity index (χ4v) is 4.25. The van der Waals surface area contributed by atoms with Gasteiger partial charge in [0.25, 0.3) is 0 Å². The summed E-state index contributed by atoms with van der Waals surface area (Å²) in [5.41, 5.74) is 0.954. The Morgan fingerprint density at radius 2 is 1.81 bits per heavy atom. The molecule has 138 valence electrons. The second-order valence-electron chi connectivity index (χ2n) is 6.69. The predicted molar refractivity (Wildman–Crippen MR) is 100 cm³/mol. The number of thiophene rings is 1. The first-order valence-electron chi connectivity index (χ1n) is 8.59. The SMILES string of the molecule is CN1CCN(c2cccc3c2cc(C(F)(F)F)n3Cc2cccs2)CC1. The Kier molecular flexibility index (Phi) is 4.44. The number of hydrogen-bond acceptors (Lipinski definition) is 3. The number of hydrogen-bond donors (Lipinski definition) is 0. The van der Waals surface area contributed by atoms with E-state index in [1.165, 1.54) is 22.0 Å². The van der Waals surface area contributed by atoms with Gasteiger partial charge in [0.1, 0.15) is 5.69 Å². The standard InChI is InChI=1S/C19H20F3N3S/c1-23-7-9-24(10-8-23)16-5-2-6-17-15(16)12-18(19(20,21)22)25(17)13-14-4-3-11-26-14/h2-6,11-12H,7-10,13H2,1H3. The van der Waals surface area contributed by atoms with E-state index in [-0.39, 0.29) is 6.54 Å². The molecule has 0 amide bonds. The Hall–Kier alpha value is -1.99. The summed E-state index contributed by atoms with van der Waals surface area (Å²) < 4.78 is 42.5. The lowest BCUT2D eigenvalue weighted by Gasteiger charge is -2.34. The molecule has 0 N–H and O–H groups in total. The predicted octanol–water partition coefficient (Wildman–Crippen LogP) is 4.52. The van der Waals surface area contributed by atoms with E-state index in [0.717, 1.165) is 36.7 Å². The molecule has 0 aliphatic carbocycles. The van der Waals surface area contributed by atoms with E-state index >= 15 is 0 Å². The number of likely N-dealkylation sites (N-methyl/N-ethyl adjacent to an activating group) is 1. The molecule has 1 saturated heterocycles. The summed E-state index contributed by atoms with van der Waals surface area (Å²) in [5, 5.41) is 2.57. The molecule has 0 unspecified atom stereocenters. The van der Waals surface area contributed by atoms with Gasteiger partial charge in [0.2, 0.25) is 0 Å². The summed E-state index contributed by atoms with van der Waals surface area (Å²) in [4.78, 5) is 5.34. The zero-order chi connectivity index (χ0) is 18.3. The lowest BCUT2D eigenvalue weighted by Crippen LogP contribution is -2.44. The van der Waals surface area contributed by atoms with Gasteiger partial charge in [-0.05, 0) is 36.7 Å². The van der Waals surface area contributed by atoms with Crippen LogP contribution in [0.3, 0.4) is 0 Å². The van der Waals surface area contributed by atoms with Gasteiger partial charge in [0.05, 0.1) is 12.1 Å². The molecule has 2 aromatic heterocycles. The van der Waals surface area contributed by atoms with Crippen molar-refractivity contribution in [2.24, 2.45) is 0 Å². The average molecular weight is 379 g/mol. The monoisotopic (exact) mass is 379 g/mol. The van der Waals surface area contributed by atoms with Gasteiger partial charge in [-0.15, -0.1) is 11.3 Å². The molecule has 0 spiro atoms. The molecule has 0 bridgehead atoms. The summed E-state index contributed by atoms with van der Waals surface area (Å²) in [6.45, 7) is 3.72. The molecular weight excluding hydrogens is 359 g/mol. The van der Waals surface area contributed by atoms with Gasteiger partial charge in [0.15, 0.2) is 0 Å². The van der Waals surface area contributed by atoms with E-state index in [1.807, 2.05) is 29.6 Å².